The van der Waals surface area contributed by atoms with Crippen LogP contribution >= 0.6 is 11.8 Å². The highest BCUT2D eigenvalue weighted by Gasteiger charge is 2.09. The lowest BCUT2D eigenvalue weighted by Gasteiger charge is -2.13. The van der Waals surface area contributed by atoms with Crippen LogP contribution in [-0.4, -0.2) is 30.7 Å². The zero-order valence-electron chi connectivity index (χ0n) is 12.2. The van der Waals surface area contributed by atoms with Crippen LogP contribution in [0.2, 0.25) is 0 Å². The Labute approximate surface area is 134 Å². The number of hydrogen-bond donors (Lipinski definition) is 1. The predicted octanol–water partition coefficient (Wildman–Crippen LogP) is 3.10. The second kappa shape index (κ2) is 8.32. The van der Waals surface area contributed by atoms with Gasteiger partial charge in [0.15, 0.2) is 0 Å². The van der Waals surface area contributed by atoms with Gasteiger partial charge in [0.1, 0.15) is 18.1 Å². The summed E-state index contributed by atoms with van der Waals surface area (Å²) in [5, 5.41) is 18.7. The molecule has 0 heterocycles. The summed E-state index contributed by atoms with van der Waals surface area (Å²) in [6, 6.07) is 16.6. The molecule has 5 heteroatoms. The van der Waals surface area contributed by atoms with Crippen LogP contribution in [0.25, 0.3) is 0 Å². The van der Waals surface area contributed by atoms with Crippen molar-refractivity contribution in [1.82, 2.24) is 0 Å². The van der Waals surface area contributed by atoms with E-state index in [0.29, 0.717) is 17.1 Å². The molecule has 2 aromatic rings. The van der Waals surface area contributed by atoms with E-state index in [1.54, 1.807) is 31.4 Å². The largest absolute Gasteiger partial charge is 0.496 e. The van der Waals surface area contributed by atoms with E-state index in [4.69, 9.17) is 14.7 Å². The molecule has 114 valence electrons. The molecule has 0 aliphatic carbocycles. The quantitative estimate of drug-likeness (QED) is 0.796. The summed E-state index contributed by atoms with van der Waals surface area (Å²) in [5.41, 5.74) is 0.583. The number of methoxy groups -OCH3 is 1. The average Bonchev–Trinajstić information content (AvgIpc) is 2.58. The van der Waals surface area contributed by atoms with Crippen LogP contribution < -0.4 is 9.47 Å². The molecular formula is C17H17NO3S. The normalized spacial score (nSPS) is 11.5. The number of aliphatic hydroxyl groups is 1. The van der Waals surface area contributed by atoms with Crippen molar-refractivity contribution in [2.24, 2.45) is 0 Å². The van der Waals surface area contributed by atoms with Crippen LogP contribution in [0.3, 0.4) is 0 Å². The van der Waals surface area contributed by atoms with Crippen molar-refractivity contribution in [2.75, 3.05) is 19.5 Å². The number of nitrogens with zero attached hydrogens (tertiary/aromatic N) is 1. The van der Waals surface area contributed by atoms with Crippen molar-refractivity contribution in [3.63, 3.8) is 0 Å². The minimum absolute atomic E-state index is 0.202. The first-order valence-corrected chi connectivity index (χ1v) is 7.78. The van der Waals surface area contributed by atoms with Gasteiger partial charge in [-0.25, -0.2) is 0 Å². The fourth-order valence-corrected chi connectivity index (χ4v) is 2.73. The Hall–Kier alpha value is -2.16. The zero-order valence-corrected chi connectivity index (χ0v) is 13.0. The third-order valence-electron chi connectivity index (χ3n) is 2.93. The summed E-state index contributed by atoms with van der Waals surface area (Å²) in [6.45, 7) is 0.202. The number of ether oxygens (including phenoxy) is 2. The molecule has 0 saturated carbocycles. The van der Waals surface area contributed by atoms with E-state index >= 15 is 0 Å². The van der Waals surface area contributed by atoms with Gasteiger partial charge in [-0.05, 0) is 36.4 Å². The molecule has 0 unspecified atom stereocenters. The fourth-order valence-electron chi connectivity index (χ4n) is 1.79. The molecule has 0 aliphatic heterocycles. The van der Waals surface area contributed by atoms with E-state index < -0.39 is 6.10 Å². The summed E-state index contributed by atoms with van der Waals surface area (Å²) in [4.78, 5) is 0.988. The van der Waals surface area contributed by atoms with Crippen molar-refractivity contribution >= 4 is 11.8 Å². The number of aliphatic hydroxyl groups excluding tert-OH is 1. The summed E-state index contributed by atoms with van der Waals surface area (Å²) in [7, 11) is 1.63. The molecular weight excluding hydrogens is 298 g/mol. The molecule has 1 atom stereocenters. The van der Waals surface area contributed by atoms with Crippen molar-refractivity contribution < 1.29 is 14.6 Å². The number of para-hydroxylation sites is 1. The monoisotopic (exact) mass is 315 g/mol. The zero-order chi connectivity index (χ0) is 15.8. The Bertz CT molecular complexity index is 637. The van der Waals surface area contributed by atoms with Crippen molar-refractivity contribution in [3.05, 3.63) is 54.1 Å². The van der Waals surface area contributed by atoms with E-state index in [1.807, 2.05) is 30.3 Å². The van der Waals surface area contributed by atoms with Crippen LogP contribution in [0, 0.1) is 11.3 Å². The van der Waals surface area contributed by atoms with Gasteiger partial charge >= 0.3 is 0 Å². The Kier molecular flexibility index (Phi) is 6.13. The number of benzene rings is 2. The lowest BCUT2D eigenvalue weighted by Crippen LogP contribution is -2.20. The Balaban J connectivity index is 1.80. The van der Waals surface area contributed by atoms with Crippen LogP contribution in [0.4, 0.5) is 0 Å². The molecule has 0 bridgehead atoms. The van der Waals surface area contributed by atoms with Gasteiger partial charge in [0.05, 0.1) is 24.8 Å². The maximum absolute atomic E-state index is 10.00. The van der Waals surface area contributed by atoms with Gasteiger partial charge in [-0.1, -0.05) is 12.1 Å². The van der Waals surface area contributed by atoms with Gasteiger partial charge in [0.25, 0.3) is 0 Å². The van der Waals surface area contributed by atoms with Gasteiger partial charge in [-0.15, -0.1) is 11.8 Å². The minimum Gasteiger partial charge on any atom is -0.496 e. The minimum atomic E-state index is -0.592. The van der Waals surface area contributed by atoms with E-state index in [9.17, 15) is 5.11 Å². The van der Waals surface area contributed by atoms with E-state index in [1.165, 1.54) is 11.8 Å². The maximum Gasteiger partial charge on any atom is 0.132 e. The first kappa shape index (κ1) is 16.2. The summed E-state index contributed by atoms with van der Waals surface area (Å²) < 4.78 is 10.8. The topological polar surface area (TPSA) is 62.5 Å². The standard InChI is InChI=1S/C17H17NO3S/c1-20-16-4-2-3-5-17(16)22-12-14(19)11-21-15-8-6-13(10-18)7-9-15/h2-9,14,19H,11-12H2,1H3/t14-/m1/s1. The maximum atomic E-state index is 10.00. The molecule has 0 spiro atoms. The molecule has 0 saturated heterocycles. The first-order chi connectivity index (χ1) is 10.7. The summed E-state index contributed by atoms with van der Waals surface area (Å²) >= 11 is 1.52. The average molecular weight is 315 g/mol. The SMILES string of the molecule is COc1ccccc1SC[C@H](O)COc1ccc(C#N)cc1. The Morgan fingerprint density at radius 3 is 2.59 bits per heavy atom. The van der Waals surface area contributed by atoms with Gasteiger partial charge in [-0.2, -0.15) is 5.26 Å². The Morgan fingerprint density at radius 2 is 1.91 bits per heavy atom. The fraction of sp³-hybridized carbons (Fsp3) is 0.235. The molecule has 0 aromatic heterocycles. The van der Waals surface area contributed by atoms with E-state index in [2.05, 4.69) is 0 Å². The van der Waals surface area contributed by atoms with Gasteiger partial charge in [0.2, 0.25) is 0 Å². The number of nitriles is 1. The second-order valence-electron chi connectivity index (χ2n) is 4.56. The lowest BCUT2D eigenvalue weighted by atomic mass is 10.2. The molecule has 22 heavy (non-hydrogen) atoms. The van der Waals surface area contributed by atoms with E-state index in [0.717, 1.165) is 10.6 Å². The number of rotatable bonds is 7. The summed E-state index contributed by atoms with van der Waals surface area (Å²) in [5.74, 6) is 1.95. The lowest BCUT2D eigenvalue weighted by molar-refractivity contribution is 0.126. The molecule has 2 aromatic carbocycles. The smallest absolute Gasteiger partial charge is 0.132 e. The highest BCUT2D eigenvalue weighted by Crippen LogP contribution is 2.29. The third kappa shape index (κ3) is 4.69. The van der Waals surface area contributed by atoms with Gasteiger partial charge in [0, 0.05) is 10.6 Å². The van der Waals surface area contributed by atoms with Crippen molar-refractivity contribution in [1.29, 1.82) is 5.26 Å². The van der Waals surface area contributed by atoms with Crippen LogP contribution in [0.15, 0.2) is 53.4 Å². The molecule has 0 amide bonds. The molecule has 2 rings (SSSR count). The summed E-state index contributed by atoms with van der Waals surface area (Å²) in [6.07, 6.45) is -0.592. The molecule has 1 N–H and O–H groups in total. The predicted molar refractivity (Wildman–Crippen MR) is 86.4 cm³/mol. The number of thioether (sulfide) groups is 1. The molecule has 4 nitrogen and oxygen atoms in total. The van der Waals surface area contributed by atoms with E-state index in [-0.39, 0.29) is 6.61 Å². The van der Waals surface area contributed by atoms with Crippen LogP contribution in [0.5, 0.6) is 11.5 Å². The first-order valence-electron chi connectivity index (χ1n) is 6.79. The molecule has 0 aliphatic rings. The molecule has 0 radical (unpaired) electrons. The van der Waals surface area contributed by atoms with Crippen LogP contribution in [-0.2, 0) is 0 Å². The van der Waals surface area contributed by atoms with Crippen LogP contribution in [0.1, 0.15) is 5.56 Å². The number of hydrogen-bond acceptors (Lipinski definition) is 5. The van der Waals surface area contributed by atoms with Crippen molar-refractivity contribution in [2.45, 2.75) is 11.0 Å². The van der Waals surface area contributed by atoms with Gasteiger partial charge in [-0.3, -0.25) is 0 Å². The highest BCUT2D eigenvalue weighted by molar-refractivity contribution is 7.99. The Morgan fingerprint density at radius 1 is 1.18 bits per heavy atom. The highest BCUT2D eigenvalue weighted by atomic mass is 32.2. The third-order valence-corrected chi connectivity index (χ3v) is 4.13. The second-order valence-corrected chi connectivity index (χ2v) is 5.62. The van der Waals surface area contributed by atoms with Crippen molar-refractivity contribution in [3.8, 4) is 17.6 Å². The van der Waals surface area contributed by atoms with Gasteiger partial charge < -0.3 is 14.6 Å². The molecule has 0 fully saturated rings.